The molecule has 0 saturated carbocycles. The van der Waals surface area contributed by atoms with E-state index in [0.717, 1.165) is 0 Å². The summed E-state index contributed by atoms with van der Waals surface area (Å²) < 4.78 is 0. The van der Waals surface area contributed by atoms with E-state index >= 15 is 0 Å². The summed E-state index contributed by atoms with van der Waals surface area (Å²) in [6.07, 6.45) is 1.68. The Morgan fingerprint density at radius 2 is 2.00 bits per heavy atom. The summed E-state index contributed by atoms with van der Waals surface area (Å²) in [6, 6.07) is 0. The van der Waals surface area contributed by atoms with Gasteiger partial charge < -0.3 is 5.73 Å². The van der Waals surface area contributed by atoms with Gasteiger partial charge in [-0.2, -0.15) is 0 Å². The third-order valence-corrected chi connectivity index (χ3v) is 0.288. The molecule has 0 atom stereocenters. The molecule has 0 radical (unpaired) electrons. The molecule has 0 heterocycles. The molecule has 4 heteroatoms. The van der Waals surface area contributed by atoms with Crippen LogP contribution in [0.15, 0.2) is 4.99 Å². The van der Waals surface area contributed by atoms with Crippen LogP contribution in [0.5, 0.6) is 0 Å². The Kier molecular flexibility index (Phi) is 35.4. The fourth-order valence-electron chi connectivity index (χ4n) is 0.105. The summed E-state index contributed by atoms with van der Waals surface area (Å²) in [5, 5.41) is 0. The minimum absolute atomic E-state index is 0. The third-order valence-electron chi connectivity index (χ3n) is 0.288. The van der Waals surface area contributed by atoms with Crippen molar-refractivity contribution in [1.82, 2.24) is 0 Å². The molecule has 0 aliphatic carbocycles. The molecular formula is C3H10N2Na2. The monoisotopic (exact) mass is 120 g/mol. The Labute approximate surface area is 88.5 Å². The Bertz CT molecular complexity index is 37.9. The van der Waals surface area contributed by atoms with Crippen molar-refractivity contribution in [3.05, 3.63) is 0 Å². The predicted octanol–water partition coefficient (Wildman–Crippen LogP) is -1.30. The zero-order valence-electron chi connectivity index (χ0n) is 3.31. The second-order valence-electron chi connectivity index (χ2n) is 0.623. The first kappa shape index (κ1) is 15.9. The van der Waals surface area contributed by atoms with Gasteiger partial charge in [-0.05, 0) is 13.1 Å². The molecule has 0 aliphatic heterocycles. The zero-order valence-corrected chi connectivity index (χ0v) is 3.31. The molecule has 7 heavy (non-hydrogen) atoms. The van der Waals surface area contributed by atoms with Crippen LogP contribution >= 0.6 is 0 Å². The molecule has 34 valence electrons. The van der Waals surface area contributed by atoms with Crippen molar-refractivity contribution in [2.75, 3.05) is 6.67 Å². The first-order chi connectivity index (χ1) is 2.41. The van der Waals surface area contributed by atoms with Gasteiger partial charge in [0.25, 0.3) is 0 Å². The molecule has 0 bridgehead atoms. The Morgan fingerprint density at radius 1 is 1.57 bits per heavy atom. The van der Waals surface area contributed by atoms with Crippen LogP contribution in [0, 0.1) is 0 Å². The van der Waals surface area contributed by atoms with Crippen LogP contribution in [0.3, 0.4) is 0 Å². The first-order valence-electron chi connectivity index (χ1n) is 1.56. The van der Waals surface area contributed by atoms with Gasteiger partial charge in [0, 0.05) is 0 Å². The third kappa shape index (κ3) is 18.4. The SMILES string of the molecule is CC=NCN.[NaH].[NaH]. The van der Waals surface area contributed by atoms with Crippen LogP contribution in [0.1, 0.15) is 6.92 Å². The summed E-state index contributed by atoms with van der Waals surface area (Å²) in [4.78, 5) is 3.62. The Hall–Kier alpha value is 1.63. The molecule has 0 aromatic carbocycles. The van der Waals surface area contributed by atoms with E-state index in [1.54, 1.807) is 6.21 Å². The van der Waals surface area contributed by atoms with Crippen LogP contribution in [0.2, 0.25) is 0 Å². The fraction of sp³-hybridized carbons (Fsp3) is 0.667. The molecule has 0 aliphatic rings. The van der Waals surface area contributed by atoms with Gasteiger partial charge >= 0.3 is 59.1 Å². The van der Waals surface area contributed by atoms with E-state index in [0.29, 0.717) is 6.67 Å². The first-order valence-corrected chi connectivity index (χ1v) is 1.56. The number of hydrogen-bond donors (Lipinski definition) is 1. The molecule has 2 N–H and O–H groups in total. The van der Waals surface area contributed by atoms with E-state index in [4.69, 9.17) is 5.73 Å². The molecule has 0 spiro atoms. The maximum absolute atomic E-state index is 4.94. The molecule has 2 nitrogen and oxygen atoms in total. The van der Waals surface area contributed by atoms with E-state index in [9.17, 15) is 0 Å². The van der Waals surface area contributed by atoms with Crippen LogP contribution in [0.25, 0.3) is 0 Å². The van der Waals surface area contributed by atoms with Gasteiger partial charge in [-0.3, -0.25) is 4.99 Å². The van der Waals surface area contributed by atoms with Crippen molar-refractivity contribution in [2.45, 2.75) is 6.92 Å². The molecule has 0 amide bonds. The van der Waals surface area contributed by atoms with Gasteiger partial charge in [-0.25, -0.2) is 0 Å². The fourth-order valence-corrected chi connectivity index (χ4v) is 0.105. The second-order valence-corrected chi connectivity index (χ2v) is 0.623. The van der Waals surface area contributed by atoms with Crippen LogP contribution < -0.4 is 5.73 Å². The van der Waals surface area contributed by atoms with E-state index in [1.165, 1.54) is 0 Å². The van der Waals surface area contributed by atoms with Crippen molar-refractivity contribution in [1.29, 1.82) is 0 Å². The van der Waals surface area contributed by atoms with Crippen molar-refractivity contribution in [3.63, 3.8) is 0 Å². The topological polar surface area (TPSA) is 38.4 Å². The van der Waals surface area contributed by atoms with E-state index < -0.39 is 0 Å². The summed E-state index contributed by atoms with van der Waals surface area (Å²) in [6.45, 7) is 2.25. The van der Waals surface area contributed by atoms with E-state index in [-0.39, 0.29) is 59.1 Å². The Morgan fingerprint density at radius 3 is 2.00 bits per heavy atom. The Balaban J connectivity index is -0.0000000800. The predicted molar refractivity (Wildman–Crippen MR) is 37.5 cm³/mol. The number of nitrogens with two attached hydrogens (primary N) is 1. The summed E-state index contributed by atoms with van der Waals surface area (Å²) >= 11 is 0. The molecule has 0 fully saturated rings. The van der Waals surface area contributed by atoms with Crippen molar-refractivity contribution in [2.24, 2.45) is 10.7 Å². The average Bonchev–Trinajstić information content (AvgIpc) is 1.41. The van der Waals surface area contributed by atoms with Gasteiger partial charge in [0.2, 0.25) is 0 Å². The zero-order chi connectivity index (χ0) is 4.12. The van der Waals surface area contributed by atoms with Gasteiger partial charge in [0.15, 0.2) is 0 Å². The maximum atomic E-state index is 4.94. The van der Waals surface area contributed by atoms with Crippen LogP contribution in [-0.4, -0.2) is 72.0 Å². The van der Waals surface area contributed by atoms with Crippen molar-refractivity contribution >= 4 is 65.3 Å². The number of rotatable bonds is 1. The van der Waals surface area contributed by atoms with Crippen LogP contribution in [0.4, 0.5) is 0 Å². The van der Waals surface area contributed by atoms with Gasteiger partial charge in [-0.15, -0.1) is 0 Å². The molecule has 0 unspecified atom stereocenters. The quantitative estimate of drug-likeness (QED) is 0.339. The van der Waals surface area contributed by atoms with Crippen molar-refractivity contribution < 1.29 is 0 Å². The molecule has 0 rings (SSSR count). The van der Waals surface area contributed by atoms with Gasteiger partial charge in [-0.1, -0.05) is 0 Å². The minimum atomic E-state index is 0. The summed E-state index contributed by atoms with van der Waals surface area (Å²) in [5.74, 6) is 0. The van der Waals surface area contributed by atoms with Gasteiger partial charge in [0.1, 0.15) is 0 Å². The van der Waals surface area contributed by atoms with Crippen molar-refractivity contribution in [3.8, 4) is 0 Å². The number of nitrogens with zero attached hydrogens (tertiary/aromatic N) is 1. The van der Waals surface area contributed by atoms with Crippen LogP contribution in [-0.2, 0) is 0 Å². The van der Waals surface area contributed by atoms with Gasteiger partial charge in [0.05, 0.1) is 6.67 Å². The molecule has 0 aromatic rings. The molecular weight excluding hydrogens is 110 g/mol. The summed E-state index contributed by atoms with van der Waals surface area (Å²) in [5.41, 5.74) is 4.94. The summed E-state index contributed by atoms with van der Waals surface area (Å²) in [7, 11) is 0. The van der Waals surface area contributed by atoms with E-state index in [1.807, 2.05) is 6.92 Å². The normalized spacial score (nSPS) is 7.14. The molecule has 0 saturated heterocycles. The number of hydrogen-bond acceptors (Lipinski definition) is 2. The number of aliphatic imine (C=N–C) groups is 1. The van der Waals surface area contributed by atoms with E-state index in [2.05, 4.69) is 4.99 Å². The average molecular weight is 120 g/mol. The second kappa shape index (κ2) is 15.6. The standard InChI is InChI=1S/C3H8N2.2Na.2H/c1-2-5-3-4;;;;/h2H,3-4H2,1H3;;;;. The molecule has 0 aromatic heterocycles.